The molecule has 0 radical (unpaired) electrons. The number of carbonyl (C=O) groups is 15. The molecule has 124 heavy (non-hydrogen) atoms. The van der Waals surface area contributed by atoms with Crippen molar-refractivity contribution in [2.45, 2.75) is 141 Å². The molecule has 12 amide bonds. The molecule has 33 nitrogen and oxygen atoms in total. The summed E-state index contributed by atoms with van der Waals surface area (Å²) in [5, 5.41) is 33.1. The Hall–Kier alpha value is -14.0. The molecule has 2 aromatic heterocycles. The van der Waals surface area contributed by atoms with Crippen molar-refractivity contribution in [2.24, 2.45) is 11.8 Å². The molecule has 14 rings (SSSR count). The van der Waals surface area contributed by atoms with E-state index in [2.05, 4.69) is 74.4 Å². The van der Waals surface area contributed by atoms with Crippen molar-refractivity contribution in [3.8, 4) is 11.5 Å². The number of nitrogens with one attached hydrogen (secondary N) is 8. The molecule has 4 saturated heterocycles. The lowest BCUT2D eigenvalue weighted by Gasteiger charge is -2.33. The van der Waals surface area contributed by atoms with Crippen molar-refractivity contribution in [3.05, 3.63) is 179 Å². The molecule has 8 heterocycles. The molecule has 33 heteroatoms. The number of piperidine rings is 4. The lowest BCUT2D eigenvalue weighted by molar-refractivity contribution is -0.155. The minimum Gasteiger partial charge on any atom is -0.485 e. The monoisotopic (exact) mass is 1690 g/mol. The topological polar surface area (TPSA) is 439 Å². The van der Waals surface area contributed by atoms with E-state index in [0.29, 0.717) is 80.8 Å². The van der Waals surface area contributed by atoms with Gasteiger partial charge in [0, 0.05) is 137 Å². The maximum absolute atomic E-state index is 13.3. The fourth-order valence-electron chi connectivity index (χ4n) is 15.6. The number of benzene rings is 6. The summed E-state index contributed by atoms with van der Waals surface area (Å²) in [7, 11) is 3.21. The first kappa shape index (κ1) is 89.3. The number of unbranched alkanes of at least 4 members (excludes halogenated alkanes) is 4. The summed E-state index contributed by atoms with van der Waals surface area (Å²) in [5.41, 5.74) is 7.23. The number of carbonyl (C=O) groups excluding carboxylic acids is 14. The van der Waals surface area contributed by atoms with Crippen LogP contribution in [0.3, 0.4) is 0 Å². The molecule has 0 aliphatic carbocycles. The Labute approximate surface area is 714 Å². The van der Waals surface area contributed by atoms with Crippen molar-refractivity contribution in [3.63, 3.8) is 0 Å². The van der Waals surface area contributed by atoms with Crippen LogP contribution in [0.1, 0.15) is 186 Å². The van der Waals surface area contributed by atoms with Crippen molar-refractivity contribution in [2.75, 3.05) is 87.0 Å². The summed E-state index contributed by atoms with van der Waals surface area (Å²) in [4.78, 5) is 200. The number of nitrogens with zero attached hydrogens (tertiary/aromatic N) is 6. The summed E-state index contributed by atoms with van der Waals surface area (Å²) in [6.07, 6.45) is 11.4. The lowest BCUT2D eigenvalue weighted by atomic mass is 9.95. The Kier molecular flexibility index (Phi) is 29.5. The molecular weight excluding hydrogens is 1590 g/mol. The van der Waals surface area contributed by atoms with E-state index in [1.165, 1.54) is 30.3 Å². The van der Waals surface area contributed by atoms with Crippen molar-refractivity contribution in [1.82, 2.24) is 51.7 Å². The maximum atomic E-state index is 13.3. The molecular formula is C91H100N14O19. The molecule has 6 aliphatic heterocycles. The fourth-order valence-corrected chi connectivity index (χ4v) is 15.6. The molecule has 0 spiro atoms. The first-order chi connectivity index (χ1) is 59.7. The molecule has 2 atom stereocenters. The van der Waals surface area contributed by atoms with Crippen LogP contribution in [0.15, 0.2) is 146 Å². The van der Waals surface area contributed by atoms with E-state index in [0.717, 1.165) is 106 Å². The van der Waals surface area contributed by atoms with Gasteiger partial charge in [0.25, 0.3) is 35.4 Å². The smallest absolute Gasteiger partial charge is 0.341 e. The van der Waals surface area contributed by atoms with Crippen molar-refractivity contribution in [1.29, 1.82) is 0 Å². The predicted molar refractivity (Wildman–Crippen MR) is 458 cm³/mol. The molecule has 0 bridgehead atoms. The van der Waals surface area contributed by atoms with E-state index in [1.54, 1.807) is 32.6 Å². The number of hydrogen-bond acceptors (Lipinski definition) is 24. The van der Waals surface area contributed by atoms with Crippen LogP contribution in [-0.4, -0.2) is 198 Å². The molecule has 2 unspecified atom stereocenters. The van der Waals surface area contributed by atoms with Gasteiger partial charge >= 0.3 is 11.9 Å². The molecule has 0 saturated carbocycles. The quantitative estimate of drug-likeness (QED) is 0.0115. The maximum Gasteiger partial charge on any atom is 0.341 e. The molecule has 648 valence electrons. The van der Waals surface area contributed by atoms with Crippen LogP contribution < -0.4 is 61.8 Å². The first-order valence-corrected chi connectivity index (χ1v) is 41.6. The number of aliphatic carboxylic acids is 1. The van der Waals surface area contributed by atoms with Crippen LogP contribution in [0.5, 0.6) is 11.5 Å². The number of ketones is 1. The highest BCUT2D eigenvalue weighted by Gasteiger charge is 2.48. The number of hydrogen-bond donors (Lipinski definition) is 9. The van der Waals surface area contributed by atoms with Gasteiger partial charge in [-0.3, -0.25) is 97.5 Å². The second-order valence-corrected chi connectivity index (χ2v) is 31.7. The number of aromatic nitrogens is 2. The minimum atomic E-state index is -1.23. The average molecular weight is 1690 g/mol. The number of carboxylic acids is 1. The zero-order valence-electron chi connectivity index (χ0n) is 69.6. The number of esters is 1. The molecule has 6 aliphatic rings. The Morgan fingerprint density at radius 2 is 0.903 bits per heavy atom. The van der Waals surface area contributed by atoms with E-state index in [9.17, 15) is 71.9 Å². The van der Waals surface area contributed by atoms with Crippen LogP contribution in [0.4, 0.5) is 34.1 Å². The lowest BCUT2D eigenvalue weighted by Crippen LogP contribution is -2.54. The normalized spacial score (nSPS) is 16.5. The second-order valence-electron chi connectivity index (χ2n) is 31.7. The number of imide groups is 4. The summed E-state index contributed by atoms with van der Waals surface area (Å²) in [6, 6.07) is 38.1. The van der Waals surface area contributed by atoms with Crippen LogP contribution in [-0.2, 0) is 47.9 Å². The fraction of sp³-hybridized carbons (Fsp3) is 0.374. The highest BCUT2D eigenvalue weighted by atomic mass is 16.6. The zero-order valence-corrected chi connectivity index (χ0v) is 69.6. The number of rotatable bonds is 30. The molecule has 6 aromatic carbocycles. The SMILES string of the molecule is CNC(=O)c1cnc2ccc(N3CCC(C(=O)NCCCCCC(=O)COc4cccc5c4C(=O)N(C4CCC(=O)NC4=O)C5=O)CC3)cc2c1Nc1ccccc1.CNC(=O)c1cnc2ccc(N3CCC(C(=O)NCCCCCC(=O)OC(C)(C)C)CC3)cc2c1Nc1ccccc1.O=C(O)COc1cccc2c1C(=O)N(C1CCC(=O)NC1=O)C2=O. The number of carboxylic acid groups (broad SMARTS) is 1. The van der Waals surface area contributed by atoms with Gasteiger partial charge in [-0.2, -0.15) is 0 Å². The van der Waals surface area contributed by atoms with Crippen LogP contribution in [0.25, 0.3) is 21.8 Å². The highest BCUT2D eigenvalue weighted by Crippen LogP contribution is 2.39. The molecule has 8 aromatic rings. The summed E-state index contributed by atoms with van der Waals surface area (Å²) in [6.45, 7) is 8.71. The summed E-state index contributed by atoms with van der Waals surface area (Å²) in [5.74, 6) is -7.05. The third-order valence-corrected chi connectivity index (χ3v) is 22.0. The van der Waals surface area contributed by atoms with Crippen LogP contribution in [0.2, 0.25) is 0 Å². The van der Waals surface area contributed by atoms with Gasteiger partial charge in [-0.05, 0) is 170 Å². The minimum absolute atomic E-state index is 0.000858. The summed E-state index contributed by atoms with van der Waals surface area (Å²) >= 11 is 0. The highest BCUT2D eigenvalue weighted by molar-refractivity contribution is 6.26. The molecule has 4 fully saturated rings. The van der Waals surface area contributed by atoms with Gasteiger partial charge < -0.3 is 61.0 Å². The van der Waals surface area contributed by atoms with Crippen LogP contribution in [0, 0.1) is 11.8 Å². The third kappa shape index (κ3) is 22.0. The molecule has 9 N–H and O–H groups in total. The van der Waals surface area contributed by atoms with E-state index >= 15 is 0 Å². The second kappa shape index (κ2) is 41.0. The van der Waals surface area contributed by atoms with Crippen molar-refractivity contribution < 1.29 is 91.2 Å². The number of fused-ring (bicyclic) bond motifs is 4. The number of anilines is 6. The number of Topliss-reactive ketones (excluding diaryl/α,β-unsaturated/α-hetero) is 1. The number of para-hydroxylation sites is 2. The van der Waals surface area contributed by atoms with Crippen LogP contribution >= 0.6 is 0 Å². The number of ether oxygens (including phenoxy) is 3. The van der Waals surface area contributed by atoms with Gasteiger partial charge in [-0.25, -0.2) is 4.79 Å². The Balaban J connectivity index is 0.000000185. The largest absolute Gasteiger partial charge is 0.485 e. The van der Waals surface area contributed by atoms with Gasteiger partial charge in [0.05, 0.1) is 55.8 Å². The van der Waals surface area contributed by atoms with Gasteiger partial charge in [0.15, 0.2) is 12.4 Å². The van der Waals surface area contributed by atoms with E-state index in [4.69, 9.17) is 19.3 Å². The van der Waals surface area contributed by atoms with Crippen molar-refractivity contribution >= 4 is 145 Å². The van der Waals surface area contributed by atoms with Gasteiger partial charge in [-0.1, -0.05) is 61.4 Å². The van der Waals surface area contributed by atoms with E-state index in [1.807, 2.05) is 106 Å². The Morgan fingerprint density at radius 3 is 1.31 bits per heavy atom. The standard InChI is InChI=1S/C43H45N7O8.C33H43N5O4.C15H12N2O7/c1-44-40(54)32-24-46-33-15-14-28(23-31(33)38(32)47-27-9-4-2-5-10-27)49-21-18-26(19-22-49)39(53)45-20-7-3-6-11-29(51)25-58-35-13-8-12-30-37(35)43(57)50(42(30)56)34-16-17-36(52)48-41(34)55;1-33(2,3)42-29(39)13-9-6-10-18-35-31(40)23-16-19-38(20-17-23)25-14-15-28-26(21-25)30(27(22-36-28)32(41)34-4)37-24-11-7-5-8-12-24;18-10-5-4-8(13(21)16-10)17-14(22)7-2-1-3-9(12(7)15(17)23)24-6-11(19)20/h2,4-5,8-10,12-15,23-24,26,34H,3,6-7,11,16-22,25H2,1H3,(H,44,54)(H,45,53)(H,46,47)(H,48,52,55);5,7-8,11-12,14-15,21-23H,6,9-10,13,16-20H2,1-4H3,(H,34,41)(H,35,40)(H,36,37);1-3,8H,4-6H2,(H,19,20)(H,16,18,21). The van der Waals surface area contributed by atoms with Gasteiger partial charge in [-0.15, -0.1) is 0 Å². The Morgan fingerprint density at radius 1 is 0.484 bits per heavy atom. The van der Waals surface area contributed by atoms with E-state index in [-0.39, 0.29) is 120 Å². The predicted octanol–water partition coefficient (Wildman–Crippen LogP) is 9.40. The van der Waals surface area contributed by atoms with Gasteiger partial charge in [0.2, 0.25) is 35.4 Å². The summed E-state index contributed by atoms with van der Waals surface area (Å²) < 4.78 is 16.1. The zero-order chi connectivity index (χ0) is 88.3. The Bertz CT molecular complexity index is 5430. The number of pyridine rings is 2. The van der Waals surface area contributed by atoms with E-state index < -0.39 is 77.5 Å². The van der Waals surface area contributed by atoms with Gasteiger partial charge in [0.1, 0.15) is 35.8 Å². The third-order valence-electron chi connectivity index (χ3n) is 22.0. The first-order valence-electron chi connectivity index (χ1n) is 41.6. The average Bonchev–Trinajstić information content (AvgIpc) is 1.60. The number of amides is 12.